The fraction of sp³-hybridized carbons (Fsp3) is 0.524. The van der Waals surface area contributed by atoms with E-state index in [9.17, 15) is 9.00 Å². The van der Waals surface area contributed by atoms with Crippen molar-refractivity contribution >= 4 is 22.3 Å². The SMILES string of the molecule is C[C@@H]1Cc2cc3c(c(NC(=O)N=[S-](=O)c4cnn5c4OCC(C)(C)C5)c21)CCC3. The topological polar surface area (TPSA) is 85.6 Å². The number of benzene rings is 1. The van der Waals surface area contributed by atoms with Gasteiger partial charge >= 0.3 is 6.03 Å². The number of aryl methyl sites for hydroxylation is 1. The molecule has 154 valence electrons. The summed E-state index contributed by atoms with van der Waals surface area (Å²) in [6.45, 7) is 7.52. The van der Waals surface area contributed by atoms with E-state index in [4.69, 9.17) is 4.74 Å². The summed E-state index contributed by atoms with van der Waals surface area (Å²) in [6, 6.07) is 1.71. The largest absolute Gasteiger partial charge is 0.478 e. The zero-order valence-electron chi connectivity index (χ0n) is 16.9. The highest BCUT2D eigenvalue weighted by Gasteiger charge is 2.31. The Morgan fingerprint density at radius 2 is 2.21 bits per heavy atom. The number of urea groups is 1. The number of ether oxygens (including phenoxy) is 1. The molecule has 0 radical (unpaired) electrons. The molecule has 1 atom stereocenters. The van der Waals surface area contributed by atoms with Gasteiger partial charge in [-0.15, -0.1) is 10.6 Å². The van der Waals surface area contributed by atoms with Crippen molar-refractivity contribution in [2.75, 3.05) is 11.9 Å². The van der Waals surface area contributed by atoms with Crippen LogP contribution in [-0.4, -0.2) is 22.4 Å². The van der Waals surface area contributed by atoms with Gasteiger partial charge in [0, 0.05) is 17.3 Å². The van der Waals surface area contributed by atoms with Gasteiger partial charge in [-0.1, -0.05) is 26.8 Å². The number of hydrogen-bond donors (Lipinski definition) is 1. The Balaban J connectivity index is 1.42. The van der Waals surface area contributed by atoms with E-state index in [1.807, 2.05) is 0 Å². The first kappa shape index (κ1) is 18.7. The summed E-state index contributed by atoms with van der Waals surface area (Å²) in [5.74, 6) is 0.869. The van der Waals surface area contributed by atoms with Gasteiger partial charge in [-0.05, 0) is 58.8 Å². The maximum atomic E-state index is 12.8. The molecular weight excluding hydrogens is 388 g/mol. The molecule has 0 unspecified atom stereocenters. The summed E-state index contributed by atoms with van der Waals surface area (Å²) in [6.07, 6.45) is 5.66. The van der Waals surface area contributed by atoms with Gasteiger partial charge < -0.3 is 18.6 Å². The van der Waals surface area contributed by atoms with Crippen LogP contribution in [0.1, 0.15) is 55.4 Å². The van der Waals surface area contributed by atoms with E-state index in [-0.39, 0.29) is 5.41 Å². The van der Waals surface area contributed by atoms with Gasteiger partial charge in [-0.3, -0.25) is 0 Å². The average Bonchev–Trinajstić information content (AvgIpc) is 3.26. The lowest BCUT2D eigenvalue weighted by Crippen LogP contribution is -2.33. The molecule has 0 saturated heterocycles. The molecule has 2 aliphatic carbocycles. The molecule has 8 heteroatoms. The standard InChI is InChI=1S/C21H25N4O3S/c1-12-7-14-8-13-5-4-6-15(13)18(17(12)14)23-20(26)24-29(27)16-9-22-25-10-21(2,3)11-28-19(16)25/h8-9,12H,4-7,10-11H2,1-3H3,(H,23,26)/q-1/t12-/m1/s1. The Hall–Kier alpha value is -2.35. The zero-order valence-corrected chi connectivity index (χ0v) is 17.8. The van der Waals surface area contributed by atoms with Crippen molar-refractivity contribution in [1.29, 1.82) is 0 Å². The van der Waals surface area contributed by atoms with E-state index in [1.165, 1.54) is 28.5 Å². The Morgan fingerprint density at radius 3 is 3.00 bits per heavy atom. The molecule has 1 aliphatic heterocycles. The van der Waals surface area contributed by atoms with Gasteiger partial charge in [0.1, 0.15) is 0 Å². The van der Waals surface area contributed by atoms with E-state index in [1.54, 1.807) is 4.68 Å². The van der Waals surface area contributed by atoms with Crippen LogP contribution in [0.25, 0.3) is 0 Å². The highest BCUT2D eigenvalue weighted by atomic mass is 32.2. The average molecular weight is 414 g/mol. The third-order valence-corrected chi connectivity index (χ3v) is 7.06. The third-order valence-electron chi connectivity index (χ3n) is 6.07. The van der Waals surface area contributed by atoms with Crippen molar-refractivity contribution in [3.8, 4) is 5.88 Å². The number of anilines is 1. The molecular formula is C21H25N4O3S-. The van der Waals surface area contributed by atoms with Crippen LogP contribution in [0.5, 0.6) is 5.88 Å². The first-order valence-corrected chi connectivity index (χ1v) is 11.2. The fourth-order valence-corrected chi connectivity index (χ4v) is 5.45. The van der Waals surface area contributed by atoms with E-state index in [2.05, 4.69) is 41.6 Å². The minimum atomic E-state index is -1.87. The molecule has 1 N–H and O–H groups in total. The van der Waals surface area contributed by atoms with Crippen LogP contribution in [-0.2, 0) is 40.6 Å². The maximum absolute atomic E-state index is 12.8. The molecule has 3 aliphatic rings. The van der Waals surface area contributed by atoms with Crippen LogP contribution in [0.4, 0.5) is 10.5 Å². The van der Waals surface area contributed by atoms with Crippen LogP contribution in [0.2, 0.25) is 0 Å². The predicted molar refractivity (Wildman–Crippen MR) is 110 cm³/mol. The first-order chi connectivity index (χ1) is 13.8. The lowest BCUT2D eigenvalue weighted by atomic mass is 9.75. The Morgan fingerprint density at radius 1 is 1.38 bits per heavy atom. The molecule has 1 aromatic carbocycles. The van der Waals surface area contributed by atoms with Crippen molar-refractivity contribution < 1.29 is 13.7 Å². The highest BCUT2D eigenvalue weighted by Crippen LogP contribution is 2.45. The molecule has 2 heterocycles. The minimum absolute atomic E-state index is 0.0431. The number of nitrogens with one attached hydrogen (secondary N) is 1. The Kier molecular flexibility index (Phi) is 4.24. The number of hydrogen-bond acceptors (Lipinski definition) is 5. The molecule has 1 aromatic heterocycles. The lowest BCUT2D eigenvalue weighted by molar-refractivity contribution is 0.0972. The summed E-state index contributed by atoms with van der Waals surface area (Å²) >= 11 is 0. The second kappa shape index (κ2) is 6.58. The molecule has 5 rings (SSSR count). The summed E-state index contributed by atoms with van der Waals surface area (Å²) in [5, 5.41) is 7.22. The van der Waals surface area contributed by atoms with Crippen LogP contribution in [0, 0.1) is 5.41 Å². The second-order valence-electron chi connectivity index (χ2n) is 9.12. The molecule has 0 fully saturated rings. The molecule has 0 saturated carbocycles. The summed E-state index contributed by atoms with van der Waals surface area (Å²) < 4.78 is 24.1. The van der Waals surface area contributed by atoms with Crippen LogP contribution in [0.15, 0.2) is 21.5 Å². The number of fused-ring (bicyclic) bond motifs is 3. The number of carbonyl (C=O) groups is 1. The summed E-state index contributed by atoms with van der Waals surface area (Å²) in [4.78, 5) is 13.0. The molecule has 2 aromatic rings. The number of aromatic nitrogens is 2. The van der Waals surface area contributed by atoms with E-state index in [0.717, 1.165) is 31.4 Å². The first-order valence-electron chi connectivity index (χ1n) is 10.1. The van der Waals surface area contributed by atoms with Crippen molar-refractivity contribution in [2.24, 2.45) is 9.78 Å². The summed E-state index contributed by atoms with van der Waals surface area (Å²) in [7, 11) is -1.87. The van der Waals surface area contributed by atoms with Crippen LogP contribution < -0.4 is 10.1 Å². The normalized spacial score (nSPS) is 22.1. The van der Waals surface area contributed by atoms with Crippen molar-refractivity contribution in [2.45, 2.75) is 63.8 Å². The van der Waals surface area contributed by atoms with E-state index < -0.39 is 16.6 Å². The monoisotopic (exact) mass is 413 g/mol. The predicted octanol–water partition coefficient (Wildman–Crippen LogP) is 4.19. The van der Waals surface area contributed by atoms with Gasteiger partial charge in [0.05, 0.1) is 13.2 Å². The minimum Gasteiger partial charge on any atom is -0.478 e. The number of nitrogens with zero attached hydrogens (tertiary/aromatic N) is 3. The molecule has 0 spiro atoms. The molecule has 0 bridgehead atoms. The zero-order chi connectivity index (χ0) is 20.3. The lowest BCUT2D eigenvalue weighted by Gasteiger charge is -2.32. The number of rotatable bonds is 2. The van der Waals surface area contributed by atoms with Gasteiger partial charge in [0.25, 0.3) is 0 Å². The highest BCUT2D eigenvalue weighted by molar-refractivity contribution is 7.75. The number of amides is 2. The van der Waals surface area contributed by atoms with Gasteiger partial charge in [0.2, 0.25) is 0 Å². The maximum Gasteiger partial charge on any atom is 0.322 e. The molecule has 29 heavy (non-hydrogen) atoms. The second-order valence-corrected chi connectivity index (χ2v) is 10.2. The smallest absolute Gasteiger partial charge is 0.322 e. The van der Waals surface area contributed by atoms with Gasteiger partial charge in [0.15, 0.2) is 5.88 Å². The van der Waals surface area contributed by atoms with Gasteiger partial charge in [-0.25, -0.2) is 9.48 Å². The van der Waals surface area contributed by atoms with Crippen molar-refractivity contribution in [1.82, 2.24) is 9.78 Å². The van der Waals surface area contributed by atoms with E-state index >= 15 is 0 Å². The van der Waals surface area contributed by atoms with Crippen LogP contribution >= 0.6 is 0 Å². The number of carbonyl (C=O) groups excluding carboxylic acids is 1. The van der Waals surface area contributed by atoms with Crippen molar-refractivity contribution in [3.05, 3.63) is 34.5 Å². The Labute approximate surface area is 172 Å². The molecule has 2 amide bonds. The van der Waals surface area contributed by atoms with Gasteiger partial charge in [-0.2, -0.15) is 5.10 Å². The van der Waals surface area contributed by atoms with Crippen LogP contribution in [0.3, 0.4) is 0 Å². The van der Waals surface area contributed by atoms with Crippen molar-refractivity contribution in [3.63, 3.8) is 0 Å². The quantitative estimate of drug-likeness (QED) is 0.748. The Bertz CT molecular complexity index is 1110. The third kappa shape index (κ3) is 3.13. The van der Waals surface area contributed by atoms with E-state index in [0.29, 0.717) is 29.8 Å². The summed E-state index contributed by atoms with van der Waals surface area (Å²) in [5.41, 5.74) is 5.93. The fourth-order valence-electron chi connectivity index (χ4n) is 4.70. The molecule has 7 nitrogen and oxygen atoms in total.